The highest BCUT2D eigenvalue weighted by molar-refractivity contribution is 5.27. The van der Waals surface area contributed by atoms with Crippen molar-refractivity contribution in [3.63, 3.8) is 0 Å². The highest BCUT2D eigenvalue weighted by Crippen LogP contribution is 2.70. The van der Waals surface area contributed by atoms with E-state index in [1.807, 2.05) is 0 Å². The van der Waals surface area contributed by atoms with Crippen LogP contribution >= 0.6 is 0 Å². The van der Waals surface area contributed by atoms with E-state index in [2.05, 4.69) is 4.74 Å². The Bertz CT molecular complexity index is 663. The maximum absolute atomic E-state index is 14.8. The molecule has 1 aliphatic heterocycles. The van der Waals surface area contributed by atoms with Gasteiger partial charge in [-0.3, -0.25) is 0 Å². The Labute approximate surface area is 158 Å². The third-order valence-corrected chi connectivity index (χ3v) is 5.51. The first-order chi connectivity index (χ1) is 13.1. The van der Waals surface area contributed by atoms with Gasteiger partial charge in [0.1, 0.15) is 0 Å². The summed E-state index contributed by atoms with van der Waals surface area (Å²) in [5.74, 6) is -24.2. The molecule has 30 heavy (non-hydrogen) atoms. The lowest BCUT2D eigenvalue weighted by Crippen LogP contribution is -2.91. The van der Waals surface area contributed by atoms with Crippen LogP contribution in [0.3, 0.4) is 0 Å². The molecule has 3 nitrogen and oxygen atoms in total. The van der Waals surface area contributed by atoms with Gasteiger partial charge in [-0.2, -0.15) is 57.1 Å². The first-order valence-corrected chi connectivity index (χ1v) is 8.17. The van der Waals surface area contributed by atoms with E-state index in [4.69, 9.17) is 0 Å². The van der Waals surface area contributed by atoms with E-state index < -0.39 is 79.0 Å². The van der Waals surface area contributed by atoms with Crippen molar-refractivity contribution >= 4 is 0 Å². The lowest BCUT2D eigenvalue weighted by Gasteiger charge is -2.61. The molecule has 3 atom stereocenters. The standard InChI is InChI=1S/C14H13F13O3/c15-9(16)7(12(19,20)21,6-4-2-1-3-5-6)30-11(29,14(25,26)27)10(17,18)8(9,28)13(22,23)24/h6,28-29H,1-5H2. The van der Waals surface area contributed by atoms with Crippen LogP contribution in [0.1, 0.15) is 32.1 Å². The summed E-state index contributed by atoms with van der Waals surface area (Å²) in [4.78, 5) is 0. The molecule has 1 heterocycles. The third-order valence-electron chi connectivity index (χ3n) is 5.51. The molecule has 0 amide bonds. The quantitative estimate of drug-likeness (QED) is 0.539. The van der Waals surface area contributed by atoms with Crippen LogP contribution in [0, 0.1) is 5.92 Å². The average Bonchev–Trinajstić information content (AvgIpc) is 2.54. The van der Waals surface area contributed by atoms with Crippen LogP contribution < -0.4 is 0 Å². The van der Waals surface area contributed by atoms with Crippen LogP contribution in [-0.4, -0.2) is 57.6 Å². The van der Waals surface area contributed by atoms with Gasteiger partial charge in [0.05, 0.1) is 0 Å². The zero-order chi connectivity index (χ0) is 23.8. The van der Waals surface area contributed by atoms with E-state index >= 15 is 0 Å². The molecule has 1 aliphatic carbocycles. The first kappa shape index (κ1) is 25.2. The Morgan fingerprint density at radius 1 is 0.633 bits per heavy atom. The van der Waals surface area contributed by atoms with Crippen LogP contribution in [-0.2, 0) is 4.74 Å². The molecule has 2 rings (SSSR count). The molecule has 1 saturated heterocycles. The van der Waals surface area contributed by atoms with Gasteiger partial charge in [0, 0.05) is 5.92 Å². The predicted octanol–water partition coefficient (Wildman–Crippen LogP) is 4.71. The second-order valence-corrected chi connectivity index (χ2v) is 7.17. The highest BCUT2D eigenvalue weighted by atomic mass is 19.4. The van der Waals surface area contributed by atoms with Crippen molar-refractivity contribution in [2.45, 2.75) is 79.5 Å². The summed E-state index contributed by atoms with van der Waals surface area (Å²) in [7, 11) is 0. The van der Waals surface area contributed by atoms with E-state index in [0.29, 0.717) is 0 Å². The molecule has 0 aromatic rings. The number of hydrogen-bond acceptors (Lipinski definition) is 3. The Balaban J connectivity index is 3.03. The first-order valence-electron chi connectivity index (χ1n) is 8.17. The zero-order valence-electron chi connectivity index (χ0n) is 14.3. The second kappa shape index (κ2) is 6.49. The molecule has 0 aromatic heterocycles. The van der Waals surface area contributed by atoms with Crippen LogP contribution in [0.5, 0.6) is 0 Å². The smallest absolute Gasteiger partial charge is 0.371 e. The van der Waals surface area contributed by atoms with Crippen molar-refractivity contribution in [2.24, 2.45) is 5.92 Å². The van der Waals surface area contributed by atoms with E-state index in [9.17, 15) is 67.3 Å². The van der Waals surface area contributed by atoms with Crippen LogP contribution in [0.25, 0.3) is 0 Å². The van der Waals surface area contributed by atoms with Crippen LogP contribution in [0.4, 0.5) is 57.1 Å². The summed E-state index contributed by atoms with van der Waals surface area (Å²) in [6, 6.07) is 0. The van der Waals surface area contributed by atoms with Crippen LogP contribution in [0.2, 0.25) is 0 Å². The van der Waals surface area contributed by atoms with Gasteiger partial charge in [-0.25, -0.2) is 0 Å². The summed E-state index contributed by atoms with van der Waals surface area (Å²) >= 11 is 0. The molecule has 3 unspecified atom stereocenters. The van der Waals surface area contributed by atoms with Gasteiger partial charge < -0.3 is 14.9 Å². The largest absolute Gasteiger partial charge is 0.449 e. The third kappa shape index (κ3) is 2.71. The molecule has 0 bridgehead atoms. The molecular formula is C14H13F13O3. The van der Waals surface area contributed by atoms with Crippen molar-refractivity contribution in [1.29, 1.82) is 0 Å². The van der Waals surface area contributed by atoms with Gasteiger partial charge in [0.2, 0.25) is 5.60 Å². The maximum atomic E-state index is 14.8. The zero-order valence-corrected chi connectivity index (χ0v) is 14.3. The lowest BCUT2D eigenvalue weighted by atomic mass is 9.63. The van der Waals surface area contributed by atoms with Gasteiger partial charge in [-0.05, 0) is 12.8 Å². The Morgan fingerprint density at radius 2 is 1.07 bits per heavy atom. The molecule has 0 spiro atoms. The summed E-state index contributed by atoms with van der Waals surface area (Å²) in [5.41, 5.74) is -13.2. The molecule has 2 aliphatic rings. The van der Waals surface area contributed by atoms with Crippen molar-refractivity contribution in [1.82, 2.24) is 0 Å². The summed E-state index contributed by atoms with van der Waals surface area (Å²) in [6.45, 7) is 0. The van der Waals surface area contributed by atoms with E-state index in [1.54, 1.807) is 0 Å². The molecule has 0 aromatic carbocycles. The fraction of sp³-hybridized carbons (Fsp3) is 1.00. The maximum Gasteiger partial charge on any atom is 0.449 e. The summed E-state index contributed by atoms with van der Waals surface area (Å²) < 4.78 is 181. The fourth-order valence-corrected chi connectivity index (χ4v) is 3.98. The van der Waals surface area contributed by atoms with Crippen LogP contribution in [0.15, 0.2) is 0 Å². The second-order valence-electron chi connectivity index (χ2n) is 7.17. The van der Waals surface area contributed by atoms with Crippen molar-refractivity contribution in [3.8, 4) is 0 Å². The van der Waals surface area contributed by atoms with Gasteiger partial charge >= 0.3 is 36.2 Å². The predicted molar refractivity (Wildman–Crippen MR) is 68.3 cm³/mol. The number of ether oxygens (including phenoxy) is 1. The summed E-state index contributed by atoms with van der Waals surface area (Å²) in [6.07, 6.45) is -24.4. The van der Waals surface area contributed by atoms with Crippen molar-refractivity contribution < 1.29 is 72.0 Å². The minimum Gasteiger partial charge on any atom is -0.371 e. The van der Waals surface area contributed by atoms with Gasteiger partial charge in [0.25, 0.3) is 5.60 Å². The van der Waals surface area contributed by atoms with E-state index in [0.717, 1.165) is 0 Å². The highest BCUT2D eigenvalue weighted by Gasteiger charge is 3.01. The lowest BCUT2D eigenvalue weighted by molar-refractivity contribution is -0.586. The minimum absolute atomic E-state index is 0.0548. The molecular weight excluding hydrogens is 463 g/mol. The number of aliphatic hydroxyl groups is 2. The Morgan fingerprint density at radius 3 is 1.40 bits per heavy atom. The number of hydrogen-bond donors (Lipinski definition) is 2. The Kier molecular flexibility index (Phi) is 5.46. The minimum atomic E-state index is -7.46. The normalized spacial score (nSPS) is 38.5. The van der Waals surface area contributed by atoms with Gasteiger partial charge in [-0.15, -0.1) is 0 Å². The van der Waals surface area contributed by atoms with Crippen molar-refractivity contribution in [3.05, 3.63) is 0 Å². The number of rotatable bonds is 1. The van der Waals surface area contributed by atoms with E-state index in [1.165, 1.54) is 0 Å². The number of halogens is 13. The Hall–Kier alpha value is -1.03. The monoisotopic (exact) mass is 476 g/mol. The SMILES string of the molecule is OC1(C(F)(F)F)OC(C2CCCCC2)(C(F)(F)F)C(F)(F)C(O)(C(F)(F)F)C1(F)F. The van der Waals surface area contributed by atoms with Gasteiger partial charge in [-0.1, -0.05) is 19.3 Å². The molecule has 178 valence electrons. The molecule has 2 fully saturated rings. The van der Waals surface area contributed by atoms with Gasteiger partial charge in [0.15, 0.2) is 0 Å². The molecule has 16 heteroatoms. The molecule has 2 N–H and O–H groups in total. The topological polar surface area (TPSA) is 49.7 Å². The van der Waals surface area contributed by atoms with Crippen molar-refractivity contribution in [2.75, 3.05) is 0 Å². The molecule has 1 saturated carbocycles. The average molecular weight is 476 g/mol. The fourth-order valence-electron chi connectivity index (χ4n) is 3.98. The van der Waals surface area contributed by atoms with E-state index in [-0.39, 0.29) is 6.42 Å². The summed E-state index contributed by atoms with van der Waals surface area (Å²) in [5, 5.41) is 18.6. The molecule has 0 radical (unpaired) electrons. The number of alkyl halides is 13.